The number of pyridine rings is 1. The molecule has 3 aromatic heterocycles. The highest BCUT2D eigenvalue weighted by atomic mass is 19.1. The Kier molecular flexibility index (Phi) is 4.25. The smallest absolute Gasteiger partial charge is 0.261 e. The van der Waals surface area contributed by atoms with Gasteiger partial charge >= 0.3 is 0 Å². The third-order valence-electron chi connectivity index (χ3n) is 4.14. The molecule has 3 N–H and O–H groups in total. The van der Waals surface area contributed by atoms with Crippen LogP contribution in [0.15, 0.2) is 53.5 Å². The largest absolute Gasteiger partial charge is 0.359 e. The van der Waals surface area contributed by atoms with Crippen LogP contribution in [0, 0.1) is 5.82 Å². The van der Waals surface area contributed by atoms with Gasteiger partial charge in [-0.3, -0.25) is 14.8 Å². The number of aromatic nitrogens is 4. The summed E-state index contributed by atoms with van der Waals surface area (Å²) in [6, 6.07) is 11.7. The van der Waals surface area contributed by atoms with Crippen molar-refractivity contribution >= 4 is 29.1 Å². The van der Waals surface area contributed by atoms with Crippen LogP contribution in [0.1, 0.15) is 11.3 Å². The molecule has 0 aliphatic rings. The third kappa shape index (κ3) is 3.48. The van der Waals surface area contributed by atoms with E-state index in [1.807, 2.05) is 24.3 Å². The Morgan fingerprint density at radius 1 is 1.07 bits per heavy atom. The summed E-state index contributed by atoms with van der Waals surface area (Å²) in [7, 11) is 1.69. The van der Waals surface area contributed by atoms with E-state index in [2.05, 4.69) is 25.3 Å². The fourth-order valence-electron chi connectivity index (χ4n) is 2.76. The molecule has 4 aromatic rings. The first-order valence-corrected chi connectivity index (χ1v) is 8.33. The SMILES string of the molecule is CNc1nc2[nH]c(-c3ccnc(/C=C/c4ccc(F)cc4)c3)cc2c(=O)[nH]1. The number of aromatic amines is 2. The Hall–Kier alpha value is -3.74. The van der Waals surface area contributed by atoms with E-state index in [1.165, 1.54) is 12.1 Å². The Labute approximate surface area is 153 Å². The number of anilines is 1. The number of benzene rings is 1. The molecule has 0 atom stereocenters. The lowest BCUT2D eigenvalue weighted by molar-refractivity contribution is 0.628. The minimum atomic E-state index is -0.267. The summed E-state index contributed by atoms with van der Waals surface area (Å²) in [4.78, 5) is 26.6. The van der Waals surface area contributed by atoms with Gasteiger partial charge in [-0.25, -0.2) is 4.39 Å². The quantitative estimate of drug-likeness (QED) is 0.518. The van der Waals surface area contributed by atoms with Crippen molar-refractivity contribution in [2.24, 2.45) is 0 Å². The highest BCUT2D eigenvalue weighted by molar-refractivity contribution is 5.83. The average molecular weight is 361 g/mol. The molecule has 7 heteroatoms. The van der Waals surface area contributed by atoms with Crippen LogP contribution in [0.4, 0.5) is 10.3 Å². The summed E-state index contributed by atoms with van der Waals surface area (Å²) in [5.41, 5.74) is 3.58. The third-order valence-corrected chi connectivity index (χ3v) is 4.14. The molecule has 0 saturated carbocycles. The predicted molar refractivity (Wildman–Crippen MR) is 105 cm³/mol. The summed E-state index contributed by atoms with van der Waals surface area (Å²) < 4.78 is 13.0. The van der Waals surface area contributed by atoms with Crippen molar-refractivity contribution in [3.8, 4) is 11.3 Å². The van der Waals surface area contributed by atoms with Crippen molar-refractivity contribution in [3.63, 3.8) is 0 Å². The maximum atomic E-state index is 13.0. The van der Waals surface area contributed by atoms with Crippen LogP contribution in [0.25, 0.3) is 34.4 Å². The Bertz CT molecular complexity index is 1190. The highest BCUT2D eigenvalue weighted by Gasteiger charge is 2.09. The molecule has 0 fully saturated rings. The van der Waals surface area contributed by atoms with E-state index in [1.54, 1.807) is 31.4 Å². The molecule has 0 bridgehead atoms. The Morgan fingerprint density at radius 2 is 1.89 bits per heavy atom. The number of nitrogens with zero attached hydrogens (tertiary/aromatic N) is 2. The molecule has 4 rings (SSSR count). The Morgan fingerprint density at radius 3 is 2.67 bits per heavy atom. The first kappa shape index (κ1) is 16.7. The van der Waals surface area contributed by atoms with Crippen LogP contribution in [-0.2, 0) is 0 Å². The van der Waals surface area contributed by atoms with Gasteiger partial charge in [0, 0.05) is 24.5 Å². The van der Waals surface area contributed by atoms with E-state index in [0.29, 0.717) is 17.0 Å². The number of hydrogen-bond acceptors (Lipinski definition) is 4. The molecule has 27 heavy (non-hydrogen) atoms. The Balaban J connectivity index is 1.68. The lowest BCUT2D eigenvalue weighted by Gasteiger charge is -2.00. The zero-order chi connectivity index (χ0) is 18.8. The molecule has 0 spiro atoms. The summed E-state index contributed by atoms with van der Waals surface area (Å²) in [5.74, 6) is 0.134. The fourth-order valence-corrected chi connectivity index (χ4v) is 2.76. The van der Waals surface area contributed by atoms with E-state index in [4.69, 9.17) is 0 Å². The highest BCUT2D eigenvalue weighted by Crippen LogP contribution is 2.22. The molecule has 0 amide bonds. The maximum Gasteiger partial charge on any atom is 0.261 e. The van der Waals surface area contributed by atoms with Crippen molar-refractivity contribution in [2.45, 2.75) is 0 Å². The second kappa shape index (κ2) is 6.87. The van der Waals surface area contributed by atoms with E-state index in [-0.39, 0.29) is 11.4 Å². The van der Waals surface area contributed by atoms with E-state index in [9.17, 15) is 9.18 Å². The van der Waals surface area contributed by atoms with E-state index >= 15 is 0 Å². The molecule has 0 aliphatic carbocycles. The van der Waals surface area contributed by atoms with Gasteiger partial charge in [-0.2, -0.15) is 4.98 Å². The first-order chi connectivity index (χ1) is 13.1. The molecule has 0 saturated heterocycles. The summed E-state index contributed by atoms with van der Waals surface area (Å²) >= 11 is 0. The zero-order valence-electron chi connectivity index (χ0n) is 14.5. The fraction of sp³-hybridized carbons (Fsp3) is 0.0500. The maximum absolute atomic E-state index is 13.0. The monoisotopic (exact) mass is 361 g/mol. The van der Waals surface area contributed by atoms with E-state index in [0.717, 1.165) is 22.5 Å². The van der Waals surface area contributed by atoms with Gasteiger partial charge in [-0.1, -0.05) is 18.2 Å². The van der Waals surface area contributed by atoms with Crippen LogP contribution in [0.3, 0.4) is 0 Å². The number of hydrogen-bond donors (Lipinski definition) is 3. The van der Waals surface area contributed by atoms with Gasteiger partial charge in [0.2, 0.25) is 5.95 Å². The molecule has 3 heterocycles. The van der Waals surface area contributed by atoms with Crippen LogP contribution in [-0.4, -0.2) is 27.0 Å². The number of halogens is 1. The lowest BCUT2D eigenvalue weighted by atomic mass is 10.1. The normalized spacial score (nSPS) is 11.3. The van der Waals surface area contributed by atoms with Gasteiger partial charge in [-0.05, 0) is 42.0 Å². The summed E-state index contributed by atoms with van der Waals surface area (Å²) in [5, 5.41) is 3.31. The standard InChI is InChI=1S/C20H16FN5O/c1-22-20-25-18-16(19(27)26-20)11-17(24-18)13-8-9-23-15(10-13)7-4-12-2-5-14(21)6-3-12/h2-11H,1H3,(H3,22,24,25,26,27)/b7-4+. The summed E-state index contributed by atoms with van der Waals surface area (Å²) in [6.07, 6.45) is 5.41. The molecule has 0 unspecified atom stereocenters. The first-order valence-electron chi connectivity index (χ1n) is 8.33. The van der Waals surface area contributed by atoms with Gasteiger partial charge < -0.3 is 10.3 Å². The van der Waals surface area contributed by atoms with Crippen LogP contribution >= 0.6 is 0 Å². The number of nitrogens with one attached hydrogen (secondary N) is 3. The van der Waals surface area contributed by atoms with Gasteiger partial charge in [0.25, 0.3) is 5.56 Å². The predicted octanol–water partition coefficient (Wildman–Crippen LogP) is 3.66. The van der Waals surface area contributed by atoms with Crippen molar-refractivity contribution < 1.29 is 4.39 Å². The van der Waals surface area contributed by atoms with Gasteiger partial charge in [0.15, 0.2) is 0 Å². The second-order valence-electron chi connectivity index (χ2n) is 5.96. The minimum absolute atomic E-state index is 0.211. The molecule has 134 valence electrons. The molecular weight excluding hydrogens is 345 g/mol. The van der Waals surface area contributed by atoms with E-state index < -0.39 is 0 Å². The van der Waals surface area contributed by atoms with Crippen molar-refractivity contribution in [1.82, 2.24) is 19.9 Å². The van der Waals surface area contributed by atoms with Gasteiger partial charge in [0.1, 0.15) is 11.5 Å². The lowest BCUT2D eigenvalue weighted by Crippen LogP contribution is -2.10. The van der Waals surface area contributed by atoms with Crippen molar-refractivity contribution in [2.75, 3.05) is 12.4 Å². The molecule has 0 radical (unpaired) electrons. The summed E-state index contributed by atoms with van der Waals surface area (Å²) in [6.45, 7) is 0. The number of H-pyrrole nitrogens is 2. The van der Waals surface area contributed by atoms with Crippen molar-refractivity contribution in [3.05, 3.63) is 76.1 Å². The van der Waals surface area contributed by atoms with Crippen LogP contribution in [0.2, 0.25) is 0 Å². The van der Waals surface area contributed by atoms with Crippen LogP contribution < -0.4 is 10.9 Å². The van der Waals surface area contributed by atoms with Crippen molar-refractivity contribution in [1.29, 1.82) is 0 Å². The minimum Gasteiger partial charge on any atom is -0.359 e. The molecule has 6 nitrogen and oxygen atoms in total. The topological polar surface area (TPSA) is 86.5 Å². The zero-order valence-corrected chi connectivity index (χ0v) is 14.5. The van der Waals surface area contributed by atoms with Crippen LogP contribution in [0.5, 0.6) is 0 Å². The number of fused-ring (bicyclic) bond motifs is 1. The molecule has 0 aliphatic heterocycles. The van der Waals surface area contributed by atoms with Gasteiger partial charge in [0.05, 0.1) is 11.1 Å². The second-order valence-corrected chi connectivity index (χ2v) is 5.96. The average Bonchev–Trinajstić information content (AvgIpc) is 3.12. The molecule has 1 aromatic carbocycles. The number of rotatable bonds is 4. The van der Waals surface area contributed by atoms with Gasteiger partial charge in [-0.15, -0.1) is 0 Å². The molecular formula is C20H16FN5O.